The van der Waals surface area contributed by atoms with Crippen molar-refractivity contribution in [3.05, 3.63) is 73.0 Å². The third kappa shape index (κ3) is 5.07. The zero-order valence-electron chi connectivity index (χ0n) is 21.3. The first-order chi connectivity index (χ1) is 20.3. The van der Waals surface area contributed by atoms with Crippen molar-refractivity contribution in [1.82, 2.24) is 44.9 Å². The molecule has 0 amide bonds. The SMILES string of the molecule is Nc1c(Oc2cc(C(F)(F)F)ccn2)c(O)cc(CCNc2ncnc3nccnc23)c1-c1ncnc2nccnc12. The monoisotopic (exact) mass is 573 g/mol. The molecule has 0 aliphatic rings. The van der Waals surface area contributed by atoms with Crippen molar-refractivity contribution in [1.29, 1.82) is 0 Å². The average Bonchev–Trinajstić information content (AvgIpc) is 2.99. The van der Waals surface area contributed by atoms with Crippen LogP contribution in [0.5, 0.6) is 17.4 Å². The lowest BCUT2D eigenvalue weighted by Crippen LogP contribution is -2.10. The van der Waals surface area contributed by atoms with Crippen LogP contribution in [0.2, 0.25) is 0 Å². The van der Waals surface area contributed by atoms with Crippen molar-refractivity contribution in [2.75, 3.05) is 17.6 Å². The molecule has 210 valence electrons. The Morgan fingerprint density at radius 3 is 2.26 bits per heavy atom. The highest BCUT2D eigenvalue weighted by Gasteiger charge is 2.31. The Balaban J connectivity index is 1.41. The summed E-state index contributed by atoms with van der Waals surface area (Å²) in [5.74, 6) is -0.702. The second-order valence-corrected chi connectivity index (χ2v) is 8.73. The van der Waals surface area contributed by atoms with Crippen LogP contribution in [0, 0.1) is 0 Å². The number of benzene rings is 1. The quantitative estimate of drug-likeness (QED) is 0.233. The smallest absolute Gasteiger partial charge is 0.416 e. The van der Waals surface area contributed by atoms with E-state index in [-0.39, 0.29) is 29.2 Å². The summed E-state index contributed by atoms with van der Waals surface area (Å²) >= 11 is 0. The number of aromatic nitrogens is 9. The van der Waals surface area contributed by atoms with E-state index in [0.717, 1.165) is 12.3 Å². The van der Waals surface area contributed by atoms with Gasteiger partial charge in [-0.15, -0.1) is 0 Å². The van der Waals surface area contributed by atoms with Crippen molar-refractivity contribution in [3.63, 3.8) is 0 Å². The Morgan fingerprint density at radius 1 is 0.810 bits per heavy atom. The minimum atomic E-state index is -4.63. The van der Waals surface area contributed by atoms with Gasteiger partial charge in [0.15, 0.2) is 28.6 Å². The molecule has 0 spiro atoms. The summed E-state index contributed by atoms with van der Waals surface area (Å²) in [5, 5.41) is 14.1. The first-order valence-corrected chi connectivity index (χ1v) is 12.2. The Morgan fingerprint density at radius 2 is 1.50 bits per heavy atom. The van der Waals surface area contributed by atoms with Crippen LogP contribution in [0.3, 0.4) is 0 Å². The number of phenols is 1. The van der Waals surface area contributed by atoms with Gasteiger partial charge < -0.3 is 20.9 Å². The average molecular weight is 573 g/mol. The van der Waals surface area contributed by atoms with E-state index in [1.54, 1.807) is 0 Å². The number of anilines is 2. The highest BCUT2D eigenvalue weighted by atomic mass is 19.4. The molecular weight excluding hydrogens is 555 g/mol. The van der Waals surface area contributed by atoms with Crippen LogP contribution in [0.25, 0.3) is 33.6 Å². The number of hydrogen-bond donors (Lipinski definition) is 3. The van der Waals surface area contributed by atoms with Gasteiger partial charge in [0.25, 0.3) is 0 Å². The molecule has 6 aromatic rings. The van der Waals surface area contributed by atoms with Gasteiger partial charge in [-0.2, -0.15) is 13.2 Å². The molecule has 6 rings (SSSR count). The number of nitrogens with two attached hydrogens (primary N) is 1. The van der Waals surface area contributed by atoms with E-state index >= 15 is 0 Å². The van der Waals surface area contributed by atoms with Gasteiger partial charge in [-0.25, -0.2) is 44.9 Å². The lowest BCUT2D eigenvalue weighted by Gasteiger charge is -2.18. The highest BCUT2D eigenvalue weighted by Crippen LogP contribution is 2.45. The number of alkyl halides is 3. The number of nitrogen functional groups attached to an aromatic ring is 1. The largest absolute Gasteiger partial charge is 0.504 e. The summed E-state index contributed by atoms with van der Waals surface area (Å²) in [6, 6.07) is 2.89. The summed E-state index contributed by atoms with van der Waals surface area (Å²) in [5.41, 5.74) is 8.03. The molecular formula is C26H18F3N11O2. The fourth-order valence-corrected chi connectivity index (χ4v) is 4.27. The van der Waals surface area contributed by atoms with Crippen LogP contribution in [0.4, 0.5) is 24.7 Å². The third-order valence-corrected chi connectivity index (χ3v) is 6.11. The van der Waals surface area contributed by atoms with Crippen LogP contribution >= 0.6 is 0 Å². The number of rotatable bonds is 7. The van der Waals surface area contributed by atoms with Crippen molar-refractivity contribution in [3.8, 4) is 28.6 Å². The van der Waals surface area contributed by atoms with Crippen LogP contribution in [-0.4, -0.2) is 56.5 Å². The Hall–Kier alpha value is -5.80. The van der Waals surface area contributed by atoms with Gasteiger partial charge in [0.1, 0.15) is 29.4 Å². The fraction of sp³-hybridized carbons (Fsp3) is 0.115. The Bertz CT molecular complexity index is 1930. The van der Waals surface area contributed by atoms with Gasteiger partial charge in [-0.05, 0) is 24.1 Å². The molecule has 0 saturated heterocycles. The van der Waals surface area contributed by atoms with Gasteiger partial charge in [-0.3, -0.25) is 0 Å². The molecule has 1 aromatic carbocycles. The number of nitrogens with one attached hydrogen (secondary N) is 1. The number of ether oxygens (including phenoxy) is 1. The maximum absolute atomic E-state index is 13.3. The van der Waals surface area contributed by atoms with Crippen LogP contribution in [-0.2, 0) is 12.6 Å². The van der Waals surface area contributed by atoms with Crippen LogP contribution < -0.4 is 15.8 Å². The van der Waals surface area contributed by atoms with Crippen LogP contribution in [0.15, 0.2) is 61.8 Å². The lowest BCUT2D eigenvalue weighted by atomic mass is 9.97. The molecule has 0 fully saturated rings. The van der Waals surface area contributed by atoms with Gasteiger partial charge in [0.2, 0.25) is 5.88 Å². The van der Waals surface area contributed by atoms with Gasteiger partial charge >= 0.3 is 6.18 Å². The fourth-order valence-electron chi connectivity index (χ4n) is 4.27. The summed E-state index contributed by atoms with van der Waals surface area (Å²) in [6.07, 6.45) is 5.18. The molecule has 13 nitrogen and oxygen atoms in total. The summed E-state index contributed by atoms with van der Waals surface area (Å²) in [7, 11) is 0. The van der Waals surface area contributed by atoms with Crippen molar-refractivity contribution >= 4 is 33.8 Å². The molecule has 0 unspecified atom stereocenters. The molecule has 42 heavy (non-hydrogen) atoms. The Labute approximate surface area is 233 Å². The normalized spacial score (nSPS) is 11.6. The topological polar surface area (TPSA) is 184 Å². The number of fused-ring (bicyclic) bond motifs is 2. The number of halogens is 3. The third-order valence-electron chi connectivity index (χ3n) is 6.11. The maximum atomic E-state index is 13.3. The van der Waals surface area contributed by atoms with E-state index < -0.39 is 23.4 Å². The van der Waals surface area contributed by atoms with Gasteiger partial charge in [0, 0.05) is 49.2 Å². The van der Waals surface area contributed by atoms with E-state index in [2.05, 4.69) is 50.2 Å². The van der Waals surface area contributed by atoms with Crippen LogP contribution in [0.1, 0.15) is 11.1 Å². The molecule has 5 aromatic heterocycles. The van der Waals surface area contributed by atoms with Gasteiger partial charge in [-0.1, -0.05) is 0 Å². The molecule has 5 heterocycles. The summed E-state index contributed by atoms with van der Waals surface area (Å²) in [6.45, 7) is 0.290. The van der Waals surface area contributed by atoms with E-state index in [4.69, 9.17) is 10.5 Å². The predicted octanol–water partition coefficient (Wildman–Crippen LogP) is 3.97. The second-order valence-electron chi connectivity index (χ2n) is 8.73. The molecule has 0 aliphatic carbocycles. The standard InChI is InChI=1S/C26H18F3N11O2/c27-26(28,29)14-2-4-31-16(10-14)42-22-15(41)9-13(1-3-34-24-21-25(40-12-39-24)36-8-6-33-21)17(18(22)30)19-20-23(38-11-37-19)35-7-5-32-20/h2,4-12,41H,1,3,30H2,(H,34,36,39,40). The molecule has 4 N–H and O–H groups in total. The maximum Gasteiger partial charge on any atom is 0.416 e. The zero-order valence-corrected chi connectivity index (χ0v) is 21.3. The van der Waals surface area contributed by atoms with Crippen molar-refractivity contribution in [2.24, 2.45) is 0 Å². The molecule has 0 radical (unpaired) electrons. The van der Waals surface area contributed by atoms with E-state index in [1.807, 2.05) is 0 Å². The molecule has 0 saturated carbocycles. The minimum Gasteiger partial charge on any atom is -0.504 e. The van der Waals surface area contributed by atoms with E-state index in [9.17, 15) is 18.3 Å². The minimum absolute atomic E-state index is 0.104. The summed E-state index contributed by atoms with van der Waals surface area (Å²) in [4.78, 5) is 37.7. The Kier molecular flexibility index (Phi) is 6.70. The molecule has 0 bridgehead atoms. The van der Waals surface area contributed by atoms with Crippen molar-refractivity contribution in [2.45, 2.75) is 12.6 Å². The molecule has 0 atom stereocenters. The van der Waals surface area contributed by atoms with E-state index in [1.165, 1.54) is 43.5 Å². The number of pyridine rings is 1. The second kappa shape index (κ2) is 10.6. The zero-order chi connectivity index (χ0) is 29.3. The first-order valence-electron chi connectivity index (χ1n) is 12.2. The highest BCUT2D eigenvalue weighted by molar-refractivity contribution is 5.94. The molecule has 16 heteroatoms. The number of hydrogen-bond acceptors (Lipinski definition) is 13. The van der Waals surface area contributed by atoms with E-state index in [0.29, 0.717) is 46.2 Å². The molecule has 0 aliphatic heterocycles. The summed E-state index contributed by atoms with van der Waals surface area (Å²) < 4.78 is 45.4. The predicted molar refractivity (Wildman–Crippen MR) is 143 cm³/mol. The number of phenolic OH excluding ortho intramolecular Hbond substituents is 1. The number of nitrogens with zero attached hydrogens (tertiary/aromatic N) is 9. The number of aromatic hydroxyl groups is 1. The van der Waals surface area contributed by atoms with Crippen molar-refractivity contribution < 1.29 is 23.0 Å². The van der Waals surface area contributed by atoms with Gasteiger partial charge in [0.05, 0.1) is 11.3 Å². The lowest BCUT2D eigenvalue weighted by molar-refractivity contribution is -0.137. The first kappa shape index (κ1) is 26.4.